The fraction of sp³-hybridized carbons (Fsp3) is 0.357. The minimum absolute atomic E-state index is 0.0934. The van der Waals surface area contributed by atoms with Gasteiger partial charge in [-0.2, -0.15) is 5.10 Å². The average Bonchev–Trinajstić information content (AvgIpc) is 3.28. The van der Waals surface area contributed by atoms with E-state index in [1.165, 1.54) is 26.2 Å². The van der Waals surface area contributed by atoms with Crippen LogP contribution < -0.4 is 16.0 Å². The van der Waals surface area contributed by atoms with E-state index in [0.717, 1.165) is 11.3 Å². The van der Waals surface area contributed by atoms with E-state index in [1.54, 1.807) is 35.2 Å². The van der Waals surface area contributed by atoms with Gasteiger partial charge in [0.1, 0.15) is 17.5 Å². The molecule has 0 bridgehead atoms. The first-order chi connectivity index (χ1) is 18.7. The maximum atomic E-state index is 14.9. The molecule has 0 saturated carbocycles. The zero-order valence-corrected chi connectivity index (χ0v) is 22.1. The van der Waals surface area contributed by atoms with E-state index in [1.807, 2.05) is 6.07 Å². The quantitative estimate of drug-likeness (QED) is 0.374. The van der Waals surface area contributed by atoms with E-state index in [0.29, 0.717) is 36.4 Å². The lowest BCUT2D eigenvalue weighted by atomic mass is 9.89. The predicted molar refractivity (Wildman–Crippen MR) is 143 cm³/mol. The highest BCUT2D eigenvalue weighted by atomic mass is 19.1. The van der Waals surface area contributed by atoms with Crippen molar-refractivity contribution in [2.75, 3.05) is 25.1 Å². The standard InChI is InChI=1S/C28H31F2N7O2/c1-16-13-36(14-23(31)28(16)34-17(2)38)25-6-7-32-11-19(25)10-26-33-12-20-4-5-24(35-37(20)26)27-21(29)8-18(15-39-3)9-22(27)30/h4-9,11-12,16,23,28H,10,13-15,31H2,1-3H3,(H,34,38)/t16-,23+,28-/m0/s1. The first-order valence-corrected chi connectivity index (χ1v) is 12.8. The summed E-state index contributed by atoms with van der Waals surface area (Å²) in [5.74, 6) is -0.779. The third kappa shape index (κ3) is 5.45. The number of nitrogens with two attached hydrogens (primary N) is 1. The summed E-state index contributed by atoms with van der Waals surface area (Å²) in [6, 6.07) is 7.42. The Hall–Kier alpha value is -3.96. The van der Waals surface area contributed by atoms with Crippen LogP contribution in [0.1, 0.15) is 30.8 Å². The third-order valence-corrected chi connectivity index (χ3v) is 7.07. The van der Waals surface area contributed by atoms with Gasteiger partial charge in [0.2, 0.25) is 5.91 Å². The summed E-state index contributed by atoms with van der Waals surface area (Å²) in [5, 5.41) is 7.53. The molecule has 1 aliphatic rings. The van der Waals surface area contributed by atoms with Gasteiger partial charge in [-0.25, -0.2) is 18.3 Å². The van der Waals surface area contributed by atoms with Crippen molar-refractivity contribution in [3.05, 3.63) is 77.5 Å². The number of pyridine rings is 1. The number of nitrogens with one attached hydrogen (secondary N) is 1. The molecule has 11 heteroatoms. The molecule has 0 aliphatic carbocycles. The minimum atomic E-state index is -0.710. The zero-order valence-electron chi connectivity index (χ0n) is 22.1. The third-order valence-electron chi connectivity index (χ3n) is 7.07. The summed E-state index contributed by atoms with van der Waals surface area (Å²) in [5.41, 5.74) is 9.39. The van der Waals surface area contributed by atoms with E-state index in [-0.39, 0.29) is 41.8 Å². The van der Waals surface area contributed by atoms with Crippen molar-refractivity contribution in [1.29, 1.82) is 0 Å². The Morgan fingerprint density at radius 2 is 1.95 bits per heavy atom. The van der Waals surface area contributed by atoms with Gasteiger partial charge in [-0.15, -0.1) is 0 Å². The van der Waals surface area contributed by atoms with Gasteiger partial charge in [-0.3, -0.25) is 9.78 Å². The van der Waals surface area contributed by atoms with Crippen molar-refractivity contribution in [3.8, 4) is 11.3 Å². The fourth-order valence-corrected chi connectivity index (χ4v) is 5.35. The molecule has 1 saturated heterocycles. The molecular weight excluding hydrogens is 504 g/mol. The molecule has 4 heterocycles. The molecule has 9 nitrogen and oxygen atoms in total. The number of carbonyl (C=O) groups excluding carboxylic acids is 1. The molecule has 3 N–H and O–H groups in total. The van der Waals surface area contributed by atoms with Crippen molar-refractivity contribution in [3.63, 3.8) is 0 Å². The number of fused-ring (bicyclic) bond motifs is 1. The summed E-state index contributed by atoms with van der Waals surface area (Å²) in [7, 11) is 1.47. The van der Waals surface area contributed by atoms with Crippen molar-refractivity contribution >= 4 is 17.1 Å². The number of ether oxygens (including phenoxy) is 1. The van der Waals surface area contributed by atoms with Gasteiger partial charge in [0.25, 0.3) is 0 Å². The van der Waals surface area contributed by atoms with Crippen LogP contribution in [-0.2, 0) is 22.6 Å². The first-order valence-electron chi connectivity index (χ1n) is 12.8. The highest BCUT2D eigenvalue weighted by Crippen LogP contribution is 2.29. The monoisotopic (exact) mass is 535 g/mol. The van der Waals surface area contributed by atoms with Gasteiger partial charge < -0.3 is 20.7 Å². The number of anilines is 1. The average molecular weight is 536 g/mol. The molecular formula is C28H31F2N7O2. The summed E-state index contributed by atoms with van der Waals surface area (Å²) in [4.78, 5) is 22.7. The predicted octanol–water partition coefficient (Wildman–Crippen LogP) is 3.09. The summed E-state index contributed by atoms with van der Waals surface area (Å²) in [6.07, 6.45) is 5.58. The molecule has 0 spiro atoms. The number of methoxy groups -OCH3 is 1. The number of piperidine rings is 1. The SMILES string of the molecule is COCc1cc(F)c(-c2ccc3cnc(Cc4cnccc4N4C[C@@H](N)[C@@H](NC(C)=O)[C@@H](C)C4)n3n2)c(F)c1. The van der Waals surface area contributed by atoms with Crippen LogP contribution in [0.2, 0.25) is 0 Å². The molecule has 39 heavy (non-hydrogen) atoms. The number of benzene rings is 1. The van der Waals surface area contributed by atoms with Crippen LogP contribution in [-0.4, -0.2) is 57.8 Å². The van der Waals surface area contributed by atoms with Crippen LogP contribution in [0, 0.1) is 17.6 Å². The van der Waals surface area contributed by atoms with Gasteiger partial charge in [0.15, 0.2) is 0 Å². The van der Waals surface area contributed by atoms with E-state index < -0.39 is 11.6 Å². The Balaban J connectivity index is 1.45. The van der Waals surface area contributed by atoms with Gasteiger partial charge in [0, 0.05) is 69.3 Å². The topological polar surface area (TPSA) is 111 Å². The Labute approximate surface area is 225 Å². The largest absolute Gasteiger partial charge is 0.380 e. The highest BCUT2D eigenvalue weighted by molar-refractivity contribution is 5.73. The molecule has 1 aromatic carbocycles. The normalized spacial score (nSPS) is 19.4. The lowest BCUT2D eigenvalue weighted by Gasteiger charge is -2.43. The number of hydrogen-bond acceptors (Lipinski definition) is 7. The number of rotatable bonds is 7. The molecule has 0 unspecified atom stereocenters. The molecule has 1 fully saturated rings. The number of imidazole rings is 1. The van der Waals surface area contributed by atoms with Crippen LogP contribution >= 0.6 is 0 Å². The number of nitrogens with zero attached hydrogens (tertiary/aromatic N) is 5. The van der Waals surface area contributed by atoms with Crippen LogP contribution in [0.4, 0.5) is 14.5 Å². The fourth-order valence-electron chi connectivity index (χ4n) is 5.35. The zero-order chi connectivity index (χ0) is 27.7. The lowest BCUT2D eigenvalue weighted by Crippen LogP contribution is -2.61. The molecule has 3 atom stereocenters. The minimum Gasteiger partial charge on any atom is -0.380 e. The Morgan fingerprint density at radius 3 is 2.64 bits per heavy atom. The van der Waals surface area contributed by atoms with Crippen molar-refractivity contribution in [2.24, 2.45) is 11.7 Å². The molecule has 204 valence electrons. The van der Waals surface area contributed by atoms with Gasteiger partial charge in [-0.05, 0) is 41.8 Å². The number of carbonyl (C=O) groups is 1. The number of hydrogen-bond donors (Lipinski definition) is 2. The molecule has 1 aliphatic heterocycles. The Kier molecular flexibility index (Phi) is 7.53. The second-order valence-corrected chi connectivity index (χ2v) is 10.1. The van der Waals surface area contributed by atoms with Crippen LogP contribution in [0.15, 0.2) is 48.9 Å². The van der Waals surface area contributed by atoms with Crippen LogP contribution in [0.3, 0.4) is 0 Å². The second kappa shape index (κ2) is 11.0. The Morgan fingerprint density at radius 1 is 1.18 bits per heavy atom. The number of amides is 1. The van der Waals surface area contributed by atoms with Crippen molar-refractivity contribution in [2.45, 2.75) is 39.0 Å². The lowest BCUT2D eigenvalue weighted by molar-refractivity contribution is -0.120. The molecule has 4 aromatic rings. The molecule has 3 aromatic heterocycles. The second-order valence-electron chi connectivity index (χ2n) is 10.1. The molecule has 0 radical (unpaired) electrons. The summed E-state index contributed by atoms with van der Waals surface area (Å²) < 4.78 is 36.4. The van der Waals surface area contributed by atoms with Gasteiger partial charge in [0.05, 0.1) is 29.6 Å². The van der Waals surface area contributed by atoms with Crippen molar-refractivity contribution in [1.82, 2.24) is 24.9 Å². The maximum Gasteiger partial charge on any atom is 0.217 e. The van der Waals surface area contributed by atoms with Crippen LogP contribution in [0.5, 0.6) is 0 Å². The maximum absolute atomic E-state index is 14.9. The Bertz CT molecular complexity index is 1470. The number of halogens is 2. The number of aromatic nitrogens is 4. The smallest absolute Gasteiger partial charge is 0.217 e. The van der Waals surface area contributed by atoms with E-state index in [9.17, 15) is 13.6 Å². The summed E-state index contributed by atoms with van der Waals surface area (Å²) >= 11 is 0. The van der Waals surface area contributed by atoms with Crippen LogP contribution in [0.25, 0.3) is 16.8 Å². The van der Waals surface area contributed by atoms with Gasteiger partial charge in [-0.1, -0.05) is 6.92 Å². The van der Waals surface area contributed by atoms with E-state index in [4.69, 9.17) is 10.5 Å². The van der Waals surface area contributed by atoms with E-state index >= 15 is 0 Å². The summed E-state index contributed by atoms with van der Waals surface area (Å²) in [6.45, 7) is 4.95. The van der Waals surface area contributed by atoms with Gasteiger partial charge >= 0.3 is 0 Å². The van der Waals surface area contributed by atoms with E-state index in [2.05, 4.69) is 32.2 Å². The molecule has 5 rings (SSSR count). The highest BCUT2D eigenvalue weighted by Gasteiger charge is 2.33. The molecule has 1 amide bonds. The first kappa shape index (κ1) is 26.6. The van der Waals surface area contributed by atoms with Crippen molar-refractivity contribution < 1.29 is 18.3 Å².